The number of carbonyl (C=O) groups excluding carboxylic acids is 3. The Hall–Kier alpha value is -2.37. The maximum atomic E-state index is 12.9. The molecule has 1 atom stereocenters. The van der Waals surface area contributed by atoms with Crippen molar-refractivity contribution >= 4 is 17.9 Å². The van der Waals surface area contributed by atoms with Crippen LogP contribution in [-0.2, 0) is 28.6 Å². The van der Waals surface area contributed by atoms with Gasteiger partial charge in [0.25, 0.3) is 0 Å². The van der Waals surface area contributed by atoms with E-state index in [-0.39, 0.29) is 31.1 Å². The van der Waals surface area contributed by atoms with Gasteiger partial charge in [-0.2, -0.15) is 0 Å². The summed E-state index contributed by atoms with van der Waals surface area (Å²) in [4.78, 5) is 38.2. The maximum Gasteiger partial charge on any atom is 0.306 e. The molecule has 0 saturated heterocycles. The number of hydrogen-bond acceptors (Lipinski definition) is 6. The second kappa shape index (κ2) is 58.2. The van der Waals surface area contributed by atoms with Gasteiger partial charge in [-0.15, -0.1) is 0 Å². The number of hydrogen-bond donors (Lipinski definition) is 0. The van der Waals surface area contributed by atoms with Crippen molar-refractivity contribution in [2.45, 2.75) is 335 Å². The van der Waals surface area contributed by atoms with E-state index in [2.05, 4.69) is 57.2 Å². The lowest BCUT2D eigenvalue weighted by Crippen LogP contribution is -2.30. The fraction of sp³-hybridized carbons (Fsp3) is 0.857. The van der Waals surface area contributed by atoms with Gasteiger partial charge in [-0.3, -0.25) is 14.4 Å². The molecular weight excluding hydrogens is 853 g/mol. The zero-order valence-corrected chi connectivity index (χ0v) is 46.3. The van der Waals surface area contributed by atoms with E-state index in [4.69, 9.17) is 14.2 Å². The van der Waals surface area contributed by atoms with Crippen molar-refractivity contribution in [3.05, 3.63) is 36.5 Å². The molecule has 0 aromatic carbocycles. The molecule has 0 bridgehead atoms. The van der Waals surface area contributed by atoms with Crippen molar-refractivity contribution < 1.29 is 28.6 Å². The fourth-order valence-electron chi connectivity index (χ4n) is 9.00. The van der Waals surface area contributed by atoms with E-state index in [0.717, 1.165) is 70.6 Å². The van der Waals surface area contributed by atoms with Crippen molar-refractivity contribution in [1.29, 1.82) is 0 Å². The molecular formula is C63H116O6. The monoisotopic (exact) mass is 969 g/mol. The van der Waals surface area contributed by atoms with Gasteiger partial charge >= 0.3 is 17.9 Å². The molecule has 0 spiro atoms. The highest BCUT2D eigenvalue weighted by atomic mass is 16.6. The number of carbonyl (C=O) groups is 3. The Morgan fingerprint density at radius 2 is 0.522 bits per heavy atom. The Labute approximate surface area is 429 Å². The lowest BCUT2D eigenvalue weighted by molar-refractivity contribution is -0.167. The molecule has 69 heavy (non-hydrogen) atoms. The van der Waals surface area contributed by atoms with Gasteiger partial charge in [0, 0.05) is 19.3 Å². The van der Waals surface area contributed by atoms with Gasteiger partial charge < -0.3 is 14.2 Å². The van der Waals surface area contributed by atoms with Crippen LogP contribution in [0.4, 0.5) is 0 Å². The van der Waals surface area contributed by atoms with Crippen LogP contribution in [0.1, 0.15) is 329 Å². The Bertz CT molecular complexity index is 1160. The minimum absolute atomic E-state index is 0.0725. The smallest absolute Gasteiger partial charge is 0.306 e. The molecule has 0 aliphatic heterocycles. The van der Waals surface area contributed by atoms with E-state index >= 15 is 0 Å². The lowest BCUT2D eigenvalue weighted by atomic mass is 10.0. The second-order valence-corrected chi connectivity index (χ2v) is 20.6. The van der Waals surface area contributed by atoms with Gasteiger partial charge in [-0.1, -0.05) is 269 Å². The van der Waals surface area contributed by atoms with Crippen molar-refractivity contribution in [1.82, 2.24) is 0 Å². The molecule has 0 saturated carbocycles. The molecule has 0 radical (unpaired) electrons. The highest BCUT2D eigenvalue weighted by Gasteiger charge is 2.19. The number of rotatable bonds is 56. The topological polar surface area (TPSA) is 78.9 Å². The first-order valence-electron chi connectivity index (χ1n) is 30.5. The van der Waals surface area contributed by atoms with Gasteiger partial charge in [0.2, 0.25) is 0 Å². The first-order chi connectivity index (χ1) is 34.0. The van der Waals surface area contributed by atoms with Crippen LogP contribution in [-0.4, -0.2) is 37.2 Å². The highest BCUT2D eigenvalue weighted by molar-refractivity contribution is 5.71. The van der Waals surface area contributed by atoms with Gasteiger partial charge in [-0.25, -0.2) is 0 Å². The predicted octanol–water partition coefficient (Wildman–Crippen LogP) is 20.4. The number of allylic oxidation sites excluding steroid dienone is 6. The summed E-state index contributed by atoms with van der Waals surface area (Å²) in [6.45, 7) is 6.66. The second-order valence-electron chi connectivity index (χ2n) is 20.6. The average Bonchev–Trinajstić information content (AvgIpc) is 3.35. The van der Waals surface area contributed by atoms with E-state index in [1.807, 2.05) is 0 Å². The van der Waals surface area contributed by atoms with Crippen LogP contribution in [0, 0.1) is 0 Å². The highest BCUT2D eigenvalue weighted by Crippen LogP contribution is 2.17. The Kier molecular flexibility index (Phi) is 56.2. The third kappa shape index (κ3) is 56.4. The zero-order chi connectivity index (χ0) is 50.0. The van der Waals surface area contributed by atoms with Crippen LogP contribution in [0.25, 0.3) is 0 Å². The van der Waals surface area contributed by atoms with Gasteiger partial charge in [0.05, 0.1) is 0 Å². The first-order valence-corrected chi connectivity index (χ1v) is 30.5. The van der Waals surface area contributed by atoms with Crippen LogP contribution in [0.5, 0.6) is 0 Å². The minimum Gasteiger partial charge on any atom is -0.462 e. The maximum absolute atomic E-state index is 12.9. The van der Waals surface area contributed by atoms with Crippen molar-refractivity contribution in [3.8, 4) is 0 Å². The van der Waals surface area contributed by atoms with E-state index in [1.165, 1.54) is 218 Å². The summed E-state index contributed by atoms with van der Waals surface area (Å²) in [6.07, 6.45) is 69.9. The predicted molar refractivity (Wildman–Crippen MR) is 298 cm³/mol. The summed E-state index contributed by atoms with van der Waals surface area (Å²) in [6, 6.07) is 0. The summed E-state index contributed by atoms with van der Waals surface area (Å²) in [7, 11) is 0. The van der Waals surface area contributed by atoms with Gasteiger partial charge in [0.1, 0.15) is 13.2 Å². The summed E-state index contributed by atoms with van der Waals surface area (Å²) in [5.74, 6) is -0.864. The largest absolute Gasteiger partial charge is 0.462 e. The zero-order valence-electron chi connectivity index (χ0n) is 46.3. The molecule has 0 aromatic rings. The third-order valence-electron chi connectivity index (χ3n) is 13.6. The summed E-state index contributed by atoms with van der Waals surface area (Å²) >= 11 is 0. The third-order valence-corrected chi connectivity index (χ3v) is 13.6. The van der Waals surface area contributed by atoms with E-state index in [0.29, 0.717) is 19.3 Å². The fourth-order valence-corrected chi connectivity index (χ4v) is 9.00. The molecule has 0 aliphatic carbocycles. The quantitative estimate of drug-likeness (QED) is 0.0261. The van der Waals surface area contributed by atoms with Crippen LogP contribution in [0.3, 0.4) is 0 Å². The van der Waals surface area contributed by atoms with Crippen LogP contribution < -0.4 is 0 Å². The first kappa shape index (κ1) is 66.6. The van der Waals surface area contributed by atoms with E-state index in [9.17, 15) is 14.4 Å². The Morgan fingerprint density at radius 1 is 0.290 bits per heavy atom. The molecule has 1 unspecified atom stereocenters. The molecule has 0 rings (SSSR count). The van der Waals surface area contributed by atoms with E-state index < -0.39 is 6.10 Å². The SMILES string of the molecule is CCCCCC/C=C\C/C=C\CCCCCCCCCC(=O)OCC(COC(=O)CCCCCCCCCCCCCCCCC)OC(=O)CCCCCCCCC/C=C\CCCCCCCCC. The lowest BCUT2D eigenvalue weighted by Gasteiger charge is -2.18. The summed E-state index contributed by atoms with van der Waals surface area (Å²) in [5.41, 5.74) is 0. The summed E-state index contributed by atoms with van der Waals surface area (Å²) in [5, 5.41) is 0. The molecule has 6 nitrogen and oxygen atoms in total. The molecule has 0 N–H and O–H groups in total. The number of unbranched alkanes of at least 4 members (excludes halogenated alkanes) is 39. The molecule has 0 amide bonds. The Morgan fingerprint density at radius 3 is 0.826 bits per heavy atom. The van der Waals surface area contributed by atoms with Crippen molar-refractivity contribution in [3.63, 3.8) is 0 Å². The van der Waals surface area contributed by atoms with Crippen LogP contribution >= 0.6 is 0 Å². The average molecular weight is 970 g/mol. The normalized spacial score (nSPS) is 12.2. The number of esters is 3. The molecule has 0 fully saturated rings. The van der Waals surface area contributed by atoms with Gasteiger partial charge in [0.15, 0.2) is 6.10 Å². The standard InChI is InChI=1S/C63H116O6/c1-4-7-10-13-16-19-22-25-28-30-32-35-38-41-44-47-50-53-56-62(65)68-59-60(58-67-61(64)55-52-49-46-43-40-37-34-27-24-21-18-15-12-9-6-3)69-63(66)57-54-51-48-45-42-39-36-33-31-29-26-23-20-17-14-11-8-5-2/h19,22,28-31,60H,4-18,20-21,23-27,32-59H2,1-3H3/b22-19-,30-28-,31-29-. The van der Waals surface area contributed by atoms with Crippen LogP contribution in [0.2, 0.25) is 0 Å². The molecule has 0 aromatic heterocycles. The molecule has 6 heteroatoms. The summed E-state index contributed by atoms with van der Waals surface area (Å²) < 4.78 is 16.9. The van der Waals surface area contributed by atoms with Crippen LogP contribution in [0.15, 0.2) is 36.5 Å². The number of ether oxygens (including phenoxy) is 3. The van der Waals surface area contributed by atoms with E-state index in [1.54, 1.807) is 0 Å². The van der Waals surface area contributed by atoms with Gasteiger partial charge in [-0.05, 0) is 77.0 Å². The molecule has 0 heterocycles. The molecule has 404 valence electrons. The Balaban J connectivity index is 4.36. The van der Waals surface area contributed by atoms with Crippen molar-refractivity contribution in [2.24, 2.45) is 0 Å². The van der Waals surface area contributed by atoms with Crippen molar-refractivity contribution in [2.75, 3.05) is 13.2 Å². The minimum atomic E-state index is -0.775. The molecule has 0 aliphatic rings.